The van der Waals surface area contributed by atoms with Crippen LogP contribution >= 0.6 is 0 Å². The van der Waals surface area contributed by atoms with Gasteiger partial charge in [0.1, 0.15) is 5.69 Å². The van der Waals surface area contributed by atoms with Crippen LogP contribution in [-0.2, 0) is 9.53 Å². The molecule has 0 bridgehead atoms. The molecule has 0 radical (unpaired) electrons. The number of nitrogens with zero attached hydrogens (tertiary/aromatic N) is 2. The van der Waals surface area contributed by atoms with E-state index in [9.17, 15) is 25.0 Å². The van der Waals surface area contributed by atoms with Crippen molar-refractivity contribution in [3.8, 4) is 0 Å². The third-order valence-corrected chi connectivity index (χ3v) is 2.34. The fraction of sp³-hybridized carbons (Fsp3) is 0.364. The molecule has 0 atom stereocenters. The van der Waals surface area contributed by atoms with Gasteiger partial charge in [-0.2, -0.15) is 0 Å². The highest BCUT2D eigenvalue weighted by atomic mass is 16.6. The summed E-state index contributed by atoms with van der Waals surface area (Å²) in [5.74, 6) is -0.426. The van der Waals surface area contributed by atoms with Crippen molar-refractivity contribution >= 4 is 23.0 Å². The van der Waals surface area contributed by atoms with Crippen LogP contribution in [0.5, 0.6) is 0 Å². The van der Waals surface area contributed by atoms with Crippen LogP contribution in [0.25, 0.3) is 0 Å². The second kappa shape index (κ2) is 7.02. The fourth-order valence-corrected chi connectivity index (χ4v) is 1.47. The maximum absolute atomic E-state index is 11.1. The third kappa shape index (κ3) is 4.19. The lowest BCUT2D eigenvalue weighted by Gasteiger charge is -2.06. The van der Waals surface area contributed by atoms with E-state index in [1.165, 1.54) is 6.07 Å². The summed E-state index contributed by atoms with van der Waals surface area (Å²) in [6.07, 6.45) is 0.0436. The Hall–Kier alpha value is -2.71. The Balaban J connectivity index is 2.77. The van der Waals surface area contributed by atoms with Crippen LogP contribution in [0, 0.1) is 20.2 Å². The van der Waals surface area contributed by atoms with Crippen molar-refractivity contribution in [2.45, 2.75) is 13.3 Å². The van der Waals surface area contributed by atoms with Crippen molar-refractivity contribution in [1.29, 1.82) is 0 Å². The summed E-state index contributed by atoms with van der Waals surface area (Å²) < 4.78 is 4.71. The van der Waals surface area contributed by atoms with Crippen molar-refractivity contribution in [2.75, 3.05) is 18.5 Å². The van der Waals surface area contributed by atoms with Crippen molar-refractivity contribution in [3.05, 3.63) is 38.4 Å². The summed E-state index contributed by atoms with van der Waals surface area (Å²) >= 11 is 0. The van der Waals surface area contributed by atoms with Gasteiger partial charge in [0.25, 0.3) is 11.4 Å². The molecule has 1 N–H and O–H groups in total. The maximum atomic E-state index is 11.1. The number of nitro groups is 2. The standard InChI is InChI=1S/C11H13N3O6/c1-2-20-11(15)5-6-12-9-4-3-8(13(16)17)7-10(9)14(18)19/h3-4,7,12H,2,5-6H2,1H3. The minimum atomic E-state index is -0.723. The summed E-state index contributed by atoms with van der Waals surface area (Å²) in [6, 6.07) is 3.26. The number of esters is 1. The minimum absolute atomic E-state index is 0.0436. The molecule has 108 valence electrons. The smallest absolute Gasteiger partial charge is 0.307 e. The molecule has 1 rings (SSSR count). The normalized spacial score (nSPS) is 9.85. The maximum Gasteiger partial charge on any atom is 0.307 e. The van der Waals surface area contributed by atoms with Gasteiger partial charge < -0.3 is 10.1 Å². The number of carbonyl (C=O) groups is 1. The lowest BCUT2D eigenvalue weighted by Crippen LogP contribution is -2.12. The Morgan fingerprint density at radius 2 is 2.00 bits per heavy atom. The fourth-order valence-electron chi connectivity index (χ4n) is 1.47. The quantitative estimate of drug-likeness (QED) is 0.460. The molecule has 0 spiro atoms. The monoisotopic (exact) mass is 283 g/mol. The molecule has 9 heteroatoms. The Morgan fingerprint density at radius 3 is 2.55 bits per heavy atom. The molecule has 1 aromatic carbocycles. The number of hydrogen-bond acceptors (Lipinski definition) is 7. The van der Waals surface area contributed by atoms with Crippen LogP contribution in [0.4, 0.5) is 17.1 Å². The number of nitro benzene ring substituents is 2. The van der Waals surface area contributed by atoms with E-state index in [0.717, 1.165) is 12.1 Å². The first-order valence-corrected chi connectivity index (χ1v) is 5.78. The van der Waals surface area contributed by atoms with Crippen molar-refractivity contribution in [2.24, 2.45) is 0 Å². The molecular weight excluding hydrogens is 270 g/mol. The van der Waals surface area contributed by atoms with E-state index >= 15 is 0 Å². The number of rotatable bonds is 7. The Labute approximate surface area is 113 Å². The topological polar surface area (TPSA) is 125 Å². The van der Waals surface area contributed by atoms with E-state index in [1.54, 1.807) is 6.92 Å². The highest BCUT2D eigenvalue weighted by Gasteiger charge is 2.19. The highest BCUT2D eigenvalue weighted by Crippen LogP contribution is 2.28. The summed E-state index contributed by atoms with van der Waals surface area (Å²) in [7, 11) is 0. The van der Waals surface area contributed by atoms with E-state index in [4.69, 9.17) is 4.74 Å². The van der Waals surface area contributed by atoms with Gasteiger partial charge in [-0.1, -0.05) is 0 Å². The van der Waals surface area contributed by atoms with Crippen LogP contribution in [-0.4, -0.2) is 29.0 Å². The molecule has 0 heterocycles. The zero-order valence-corrected chi connectivity index (χ0v) is 10.7. The predicted molar refractivity (Wildman–Crippen MR) is 69.5 cm³/mol. The zero-order valence-electron chi connectivity index (χ0n) is 10.7. The molecule has 0 aliphatic rings. The van der Waals surface area contributed by atoms with Crippen molar-refractivity contribution in [3.63, 3.8) is 0 Å². The molecule has 0 saturated heterocycles. The SMILES string of the molecule is CCOC(=O)CCNc1ccc([N+](=O)[O-])cc1[N+](=O)[O-]. The molecule has 0 unspecified atom stereocenters. The van der Waals surface area contributed by atoms with Gasteiger partial charge in [0.05, 0.1) is 28.9 Å². The Kier molecular flexibility index (Phi) is 5.39. The van der Waals surface area contributed by atoms with E-state index in [-0.39, 0.29) is 30.9 Å². The lowest BCUT2D eigenvalue weighted by atomic mass is 10.2. The molecule has 0 fully saturated rings. The van der Waals surface area contributed by atoms with E-state index in [2.05, 4.69) is 5.32 Å². The lowest BCUT2D eigenvalue weighted by molar-refractivity contribution is -0.393. The van der Waals surface area contributed by atoms with E-state index < -0.39 is 21.5 Å². The third-order valence-electron chi connectivity index (χ3n) is 2.34. The first kappa shape index (κ1) is 15.3. The van der Waals surface area contributed by atoms with Crippen LogP contribution in [0.15, 0.2) is 18.2 Å². The summed E-state index contributed by atoms with van der Waals surface area (Å²) in [5.41, 5.74) is -0.666. The van der Waals surface area contributed by atoms with Crippen molar-refractivity contribution < 1.29 is 19.4 Å². The molecular formula is C11H13N3O6. The minimum Gasteiger partial charge on any atom is -0.466 e. The van der Waals surface area contributed by atoms with Crippen LogP contribution in [0.1, 0.15) is 13.3 Å². The number of non-ortho nitro benzene ring substituents is 1. The second-order valence-electron chi connectivity index (χ2n) is 3.70. The number of anilines is 1. The first-order chi connectivity index (χ1) is 9.45. The van der Waals surface area contributed by atoms with Gasteiger partial charge in [-0.15, -0.1) is 0 Å². The molecule has 20 heavy (non-hydrogen) atoms. The first-order valence-electron chi connectivity index (χ1n) is 5.78. The van der Waals surface area contributed by atoms with Crippen molar-refractivity contribution in [1.82, 2.24) is 0 Å². The van der Waals surface area contributed by atoms with Gasteiger partial charge in [0.2, 0.25) is 0 Å². The van der Waals surface area contributed by atoms with Crippen LogP contribution < -0.4 is 5.32 Å². The second-order valence-corrected chi connectivity index (χ2v) is 3.70. The molecule has 0 aromatic heterocycles. The van der Waals surface area contributed by atoms with Gasteiger partial charge in [0.15, 0.2) is 0 Å². The molecule has 9 nitrogen and oxygen atoms in total. The van der Waals surface area contributed by atoms with Gasteiger partial charge in [-0.3, -0.25) is 25.0 Å². The highest BCUT2D eigenvalue weighted by molar-refractivity contribution is 5.71. The average molecular weight is 283 g/mol. The number of nitrogens with one attached hydrogen (secondary N) is 1. The zero-order chi connectivity index (χ0) is 15.1. The van der Waals surface area contributed by atoms with Crippen LogP contribution in [0.3, 0.4) is 0 Å². The summed E-state index contributed by atoms with van der Waals surface area (Å²) in [4.78, 5) is 31.1. The summed E-state index contributed by atoms with van der Waals surface area (Å²) in [6.45, 7) is 2.07. The van der Waals surface area contributed by atoms with Gasteiger partial charge >= 0.3 is 5.97 Å². The van der Waals surface area contributed by atoms with E-state index in [1.807, 2.05) is 0 Å². The molecule has 1 aromatic rings. The number of ether oxygens (including phenoxy) is 1. The van der Waals surface area contributed by atoms with E-state index in [0.29, 0.717) is 0 Å². The van der Waals surface area contributed by atoms with Gasteiger partial charge in [-0.25, -0.2) is 0 Å². The predicted octanol–water partition coefficient (Wildman–Crippen LogP) is 1.87. The molecule has 0 saturated carbocycles. The largest absolute Gasteiger partial charge is 0.466 e. The number of carbonyl (C=O) groups excluding carboxylic acids is 1. The Bertz CT molecular complexity index is 531. The number of hydrogen-bond donors (Lipinski definition) is 1. The van der Waals surface area contributed by atoms with Gasteiger partial charge in [0, 0.05) is 12.6 Å². The molecule has 0 aliphatic carbocycles. The number of benzene rings is 1. The average Bonchev–Trinajstić information content (AvgIpc) is 2.38. The summed E-state index contributed by atoms with van der Waals surface area (Å²) in [5, 5.41) is 24.1. The molecule has 0 amide bonds. The molecule has 0 aliphatic heterocycles. The Morgan fingerprint density at radius 1 is 1.30 bits per heavy atom. The van der Waals surface area contributed by atoms with Gasteiger partial charge in [-0.05, 0) is 13.0 Å². The van der Waals surface area contributed by atoms with Crippen LogP contribution in [0.2, 0.25) is 0 Å².